The van der Waals surface area contributed by atoms with Crippen LogP contribution >= 0.6 is 0 Å². The van der Waals surface area contributed by atoms with Crippen molar-refractivity contribution >= 4 is 5.91 Å². The summed E-state index contributed by atoms with van der Waals surface area (Å²) in [6.45, 7) is 11.0. The van der Waals surface area contributed by atoms with Gasteiger partial charge in [0.2, 0.25) is 5.91 Å². The molecule has 408 valence electrons. The summed E-state index contributed by atoms with van der Waals surface area (Å²) in [5, 5.41) is 3.40. The summed E-state index contributed by atoms with van der Waals surface area (Å²) in [5.41, 5.74) is -0.683. The van der Waals surface area contributed by atoms with E-state index in [1.165, 1.54) is 250 Å². The number of amides is 1. The topological polar surface area (TPSA) is 60.0 Å². The zero-order chi connectivity index (χ0) is 50.1. The van der Waals surface area contributed by atoms with Crippen molar-refractivity contribution in [2.45, 2.75) is 302 Å². The molecule has 0 aliphatic rings. The van der Waals surface area contributed by atoms with E-state index in [4.69, 9.17) is 14.2 Å². The number of allylic oxidation sites excluding steroid dienone is 6. The maximum absolute atomic E-state index is 13.4. The van der Waals surface area contributed by atoms with E-state index in [0.717, 1.165) is 19.3 Å². The molecule has 6 nitrogen and oxygen atoms in total. The van der Waals surface area contributed by atoms with Crippen molar-refractivity contribution in [3.63, 3.8) is 0 Å². The van der Waals surface area contributed by atoms with Crippen molar-refractivity contribution in [1.29, 1.82) is 0 Å². The van der Waals surface area contributed by atoms with E-state index in [2.05, 4.69) is 67.4 Å². The third kappa shape index (κ3) is 54.1. The Morgan fingerprint density at radius 1 is 0.362 bits per heavy atom. The van der Waals surface area contributed by atoms with Gasteiger partial charge in [-0.25, -0.2) is 0 Å². The summed E-state index contributed by atoms with van der Waals surface area (Å²) in [4.78, 5) is 15.5. The molecule has 0 saturated carbocycles. The number of carbonyl (C=O) groups excluding carboxylic acids is 1. The molecular formula is C63H122N2O4. The number of rotatable bonds is 58. The molecule has 0 unspecified atom stereocenters. The van der Waals surface area contributed by atoms with Crippen molar-refractivity contribution < 1.29 is 19.0 Å². The van der Waals surface area contributed by atoms with E-state index in [9.17, 15) is 4.79 Å². The summed E-state index contributed by atoms with van der Waals surface area (Å²) < 4.78 is 19.2. The lowest BCUT2D eigenvalue weighted by Crippen LogP contribution is -2.59. The summed E-state index contributed by atoms with van der Waals surface area (Å²) in [6, 6.07) is 0. The molecule has 0 saturated heterocycles. The van der Waals surface area contributed by atoms with Crippen LogP contribution in [0.5, 0.6) is 0 Å². The molecule has 69 heavy (non-hydrogen) atoms. The molecule has 0 spiro atoms. The normalized spacial score (nSPS) is 12.3. The monoisotopic (exact) mass is 971 g/mol. The fraction of sp³-hybridized carbons (Fsp3) is 0.889. The first-order chi connectivity index (χ1) is 34.0. The Kier molecular flexibility index (Phi) is 56.2. The van der Waals surface area contributed by atoms with Crippen LogP contribution in [-0.2, 0) is 19.0 Å². The highest BCUT2D eigenvalue weighted by Gasteiger charge is 2.33. The summed E-state index contributed by atoms with van der Waals surface area (Å²) in [7, 11) is 4.05. The SMILES string of the molecule is CCCCCCCC/C=C\CCCCCCCCOCC(COCCCCCCCC/C=C\CCCCCCCC)(COCCCCCCCC/C=C\CCCCCCCC)NC(=O)CCN(C)C. The molecule has 0 atom stereocenters. The van der Waals surface area contributed by atoms with E-state index in [1.807, 2.05) is 14.1 Å². The number of unbranched alkanes of at least 4 members (excludes halogenated alkanes) is 36. The largest absolute Gasteiger partial charge is 0.379 e. The van der Waals surface area contributed by atoms with Crippen molar-refractivity contribution in [1.82, 2.24) is 10.2 Å². The second-order valence-electron chi connectivity index (χ2n) is 21.4. The van der Waals surface area contributed by atoms with Crippen molar-refractivity contribution in [3.8, 4) is 0 Å². The van der Waals surface area contributed by atoms with Crippen LogP contribution in [-0.4, -0.2) is 76.6 Å². The molecule has 1 amide bonds. The van der Waals surface area contributed by atoms with E-state index in [1.54, 1.807) is 0 Å². The molecule has 0 aromatic rings. The van der Waals surface area contributed by atoms with E-state index in [-0.39, 0.29) is 5.91 Å². The molecule has 6 heteroatoms. The minimum absolute atomic E-state index is 0.0475. The highest BCUT2D eigenvalue weighted by atomic mass is 16.5. The minimum atomic E-state index is -0.683. The fourth-order valence-electron chi connectivity index (χ4n) is 9.07. The number of hydrogen-bond acceptors (Lipinski definition) is 5. The Bertz CT molecular complexity index is 977. The van der Waals surface area contributed by atoms with Gasteiger partial charge in [-0.05, 0) is 110 Å². The molecule has 1 N–H and O–H groups in total. The van der Waals surface area contributed by atoms with E-state index >= 15 is 0 Å². The Labute approximate surface area is 432 Å². The smallest absolute Gasteiger partial charge is 0.221 e. The van der Waals surface area contributed by atoms with Crippen LogP contribution in [0.1, 0.15) is 297 Å². The van der Waals surface area contributed by atoms with Gasteiger partial charge >= 0.3 is 0 Å². The van der Waals surface area contributed by atoms with Crippen LogP contribution in [0.4, 0.5) is 0 Å². The average Bonchev–Trinajstić information content (AvgIpc) is 3.34. The number of nitrogens with one attached hydrogen (secondary N) is 1. The van der Waals surface area contributed by atoms with Gasteiger partial charge in [-0.3, -0.25) is 4.79 Å². The first-order valence-electron chi connectivity index (χ1n) is 30.6. The second-order valence-corrected chi connectivity index (χ2v) is 21.4. The first kappa shape index (κ1) is 67.5. The Morgan fingerprint density at radius 3 is 0.841 bits per heavy atom. The molecule has 0 radical (unpaired) electrons. The molecule has 0 aliphatic heterocycles. The van der Waals surface area contributed by atoms with Crippen LogP contribution in [0, 0.1) is 0 Å². The van der Waals surface area contributed by atoms with Crippen LogP contribution in [0.25, 0.3) is 0 Å². The van der Waals surface area contributed by atoms with Gasteiger partial charge in [-0.15, -0.1) is 0 Å². The van der Waals surface area contributed by atoms with Gasteiger partial charge in [0.1, 0.15) is 5.54 Å². The number of carbonyl (C=O) groups is 1. The summed E-state index contributed by atoms with van der Waals surface area (Å²) in [6.07, 6.45) is 69.4. The minimum Gasteiger partial charge on any atom is -0.379 e. The summed E-state index contributed by atoms with van der Waals surface area (Å²) in [5.74, 6) is 0.0475. The van der Waals surface area contributed by atoms with Gasteiger partial charge in [0.05, 0.1) is 19.8 Å². The predicted molar refractivity (Wildman–Crippen MR) is 305 cm³/mol. The Balaban J connectivity index is 4.82. The van der Waals surface area contributed by atoms with E-state index < -0.39 is 5.54 Å². The Morgan fingerprint density at radius 2 is 0.594 bits per heavy atom. The van der Waals surface area contributed by atoms with E-state index in [0.29, 0.717) is 52.6 Å². The third-order valence-electron chi connectivity index (χ3n) is 13.7. The van der Waals surface area contributed by atoms with Crippen LogP contribution < -0.4 is 5.32 Å². The summed E-state index contributed by atoms with van der Waals surface area (Å²) >= 11 is 0. The molecule has 0 fully saturated rings. The lowest BCUT2D eigenvalue weighted by molar-refractivity contribution is -0.128. The molecule has 0 aromatic heterocycles. The molecular weight excluding hydrogens is 849 g/mol. The van der Waals surface area contributed by atoms with Crippen LogP contribution in [0.2, 0.25) is 0 Å². The lowest BCUT2D eigenvalue weighted by atomic mass is 10.0. The van der Waals surface area contributed by atoms with Crippen molar-refractivity contribution in [2.24, 2.45) is 0 Å². The molecule has 0 heterocycles. The van der Waals surface area contributed by atoms with Crippen LogP contribution in [0.3, 0.4) is 0 Å². The second kappa shape index (κ2) is 57.4. The van der Waals surface area contributed by atoms with Crippen molar-refractivity contribution in [3.05, 3.63) is 36.5 Å². The van der Waals surface area contributed by atoms with Gasteiger partial charge in [0.15, 0.2) is 0 Å². The standard InChI is InChI=1S/C63H122N2O4/c1-6-9-12-15-18-21-24-27-30-33-36-39-42-45-48-51-56-67-59-63(64-62(66)54-55-65(4)5,60-68-57-52-49-46-43-40-37-34-31-28-25-22-19-16-13-10-7-2)61-69-58-53-50-47-44-41-38-35-32-29-26-23-20-17-14-11-8-3/h27-32H,6-26,33-61H2,1-5H3,(H,64,66)/b30-27-,31-28-,32-29-. The van der Waals surface area contributed by atoms with Gasteiger partial charge < -0.3 is 24.4 Å². The third-order valence-corrected chi connectivity index (χ3v) is 13.7. The van der Waals surface area contributed by atoms with Gasteiger partial charge in [0.25, 0.3) is 0 Å². The molecule has 0 aromatic carbocycles. The fourth-order valence-corrected chi connectivity index (χ4v) is 9.07. The lowest BCUT2D eigenvalue weighted by Gasteiger charge is -2.34. The maximum atomic E-state index is 13.4. The zero-order valence-corrected chi connectivity index (χ0v) is 47.4. The molecule has 0 rings (SSSR count). The number of ether oxygens (including phenoxy) is 3. The quantitative estimate of drug-likeness (QED) is 0.0486. The highest BCUT2D eigenvalue weighted by molar-refractivity contribution is 5.77. The molecule has 0 aliphatic carbocycles. The van der Waals surface area contributed by atoms with Gasteiger partial charge in [-0.1, -0.05) is 231 Å². The van der Waals surface area contributed by atoms with Gasteiger partial charge in [-0.2, -0.15) is 0 Å². The highest BCUT2D eigenvalue weighted by Crippen LogP contribution is 2.16. The average molecular weight is 972 g/mol. The maximum Gasteiger partial charge on any atom is 0.221 e. The first-order valence-corrected chi connectivity index (χ1v) is 30.6. The van der Waals surface area contributed by atoms with Gasteiger partial charge in [0, 0.05) is 32.8 Å². The Hall–Kier alpha value is -1.47. The van der Waals surface area contributed by atoms with Crippen molar-refractivity contribution in [2.75, 3.05) is 60.3 Å². The van der Waals surface area contributed by atoms with Crippen LogP contribution in [0.15, 0.2) is 36.5 Å². The number of hydrogen-bond donors (Lipinski definition) is 1. The predicted octanol–water partition coefficient (Wildman–Crippen LogP) is 19.0. The number of nitrogens with zero attached hydrogens (tertiary/aromatic N) is 1. The zero-order valence-electron chi connectivity index (χ0n) is 47.4. The molecule has 0 bridgehead atoms.